The lowest BCUT2D eigenvalue weighted by molar-refractivity contribution is 0.0635. The number of anilines is 2. The largest absolute Gasteiger partial charge is 0.496 e. The van der Waals surface area contributed by atoms with Crippen LogP contribution in [0.1, 0.15) is 31.1 Å². The van der Waals surface area contributed by atoms with Crippen LogP contribution in [0.4, 0.5) is 15.6 Å². The molecule has 8 heteroatoms. The van der Waals surface area contributed by atoms with Gasteiger partial charge in [-0.1, -0.05) is 35.6 Å². The molecule has 2 N–H and O–H groups in total. The Balaban J connectivity index is 1.54. The third-order valence-corrected chi connectivity index (χ3v) is 5.49. The van der Waals surface area contributed by atoms with Crippen LogP contribution in [0, 0.1) is 0 Å². The fourth-order valence-electron chi connectivity index (χ4n) is 3.23. The zero-order valence-electron chi connectivity index (χ0n) is 18.2. The lowest BCUT2D eigenvalue weighted by Gasteiger charge is -2.18. The van der Waals surface area contributed by atoms with Gasteiger partial charge in [-0.15, -0.1) is 0 Å². The number of carbonyl (C=O) groups excluding carboxylic acids is 2. The molecule has 2 amide bonds. The van der Waals surface area contributed by atoms with Crippen LogP contribution in [-0.2, 0) is 4.74 Å². The number of fused-ring (bicyclic) bond motifs is 2. The minimum atomic E-state index is -0.600. The van der Waals surface area contributed by atoms with Gasteiger partial charge in [0.05, 0.1) is 17.3 Å². The van der Waals surface area contributed by atoms with Gasteiger partial charge in [0, 0.05) is 22.7 Å². The summed E-state index contributed by atoms with van der Waals surface area (Å²) in [5.74, 6) is 0.438. The number of nitrogens with zero attached hydrogens (tertiary/aromatic N) is 1. The standard InChI is InChI=1S/C24H23N3O4S/c1-24(2,3)31-23(29)27-22-26-18-10-9-15(12-20(18)32-22)21(28)25-16-11-14-7-5-6-8-17(14)19(13-16)30-4/h5-13H,1-4H3,(H,25,28)(H,26,27,29). The van der Waals surface area contributed by atoms with E-state index in [9.17, 15) is 9.59 Å². The van der Waals surface area contributed by atoms with Crippen LogP contribution in [0.3, 0.4) is 0 Å². The van der Waals surface area contributed by atoms with Crippen molar-refractivity contribution >= 4 is 55.1 Å². The predicted molar refractivity (Wildman–Crippen MR) is 128 cm³/mol. The molecule has 0 aliphatic rings. The Kier molecular flexibility index (Phi) is 5.71. The van der Waals surface area contributed by atoms with Gasteiger partial charge in [0.2, 0.25) is 0 Å². The van der Waals surface area contributed by atoms with Gasteiger partial charge in [-0.05, 0) is 50.4 Å². The molecule has 0 atom stereocenters. The van der Waals surface area contributed by atoms with Crippen LogP contribution in [0.2, 0.25) is 0 Å². The lowest BCUT2D eigenvalue weighted by Crippen LogP contribution is -2.27. The first kappa shape index (κ1) is 21.6. The molecule has 0 aliphatic carbocycles. The summed E-state index contributed by atoms with van der Waals surface area (Å²) >= 11 is 1.27. The first-order valence-corrected chi connectivity index (χ1v) is 10.8. The SMILES string of the molecule is COc1cc(NC(=O)c2ccc3nc(NC(=O)OC(C)(C)C)sc3c2)cc2ccccc12. The highest BCUT2D eigenvalue weighted by molar-refractivity contribution is 7.22. The normalized spacial score (nSPS) is 11.4. The first-order valence-electron chi connectivity index (χ1n) is 10.0. The van der Waals surface area contributed by atoms with Crippen molar-refractivity contribution in [3.8, 4) is 5.75 Å². The molecule has 1 heterocycles. The number of benzene rings is 3. The van der Waals surface area contributed by atoms with E-state index in [-0.39, 0.29) is 5.91 Å². The van der Waals surface area contributed by atoms with Crippen LogP contribution < -0.4 is 15.4 Å². The molecule has 164 valence electrons. The second-order valence-electron chi connectivity index (χ2n) is 8.18. The molecule has 7 nitrogen and oxygen atoms in total. The summed E-state index contributed by atoms with van der Waals surface area (Å²) in [6.07, 6.45) is -0.570. The van der Waals surface area contributed by atoms with Crippen molar-refractivity contribution in [3.63, 3.8) is 0 Å². The van der Waals surface area contributed by atoms with Gasteiger partial charge in [0.15, 0.2) is 5.13 Å². The number of nitrogens with one attached hydrogen (secondary N) is 2. The molecule has 0 unspecified atom stereocenters. The Labute approximate surface area is 189 Å². The zero-order chi connectivity index (χ0) is 22.9. The molecule has 0 fully saturated rings. The second-order valence-corrected chi connectivity index (χ2v) is 9.21. The van der Waals surface area contributed by atoms with Gasteiger partial charge < -0.3 is 14.8 Å². The van der Waals surface area contributed by atoms with Crippen molar-refractivity contribution < 1.29 is 19.1 Å². The van der Waals surface area contributed by atoms with E-state index in [4.69, 9.17) is 9.47 Å². The summed E-state index contributed by atoms with van der Waals surface area (Å²) in [7, 11) is 1.61. The van der Waals surface area contributed by atoms with E-state index >= 15 is 0 Å². The van der Waals surface area contributed by atoms with Gasteiger partial charge in [-0.3, -0.25) is 10.1 Å². The quantitative estimate of drug-likeness (QED) is 0.395. The molecule has 0 saturated carbocycles. The van der Waals surface area contributed by atoms with Crippen molar-refractivity contribution in [2.45, 2.75) is 26.4 Å². The van der Waals surface area contributed by atoms with E-state index in [2.05, 4.69) is 15.6 Å². The van der Waals surface area contributed by atoms with Crippen LogP contribution in [0.15, 0.2) is 54.6 Å². The lowest BCUT2D eigenvalue weighted by atomic mass is 10.1. The number of amides is 2. The molecular weight excluding hydrogens is 426 g/mol. The number of thiazole rings is 1. The Hall–Kier alpha value is -3.65. The van der Waals surface area contributed by atoms with Gasteiger partial charge in [-0.2, -0.15) is 0 Å². The molecule has 1 aromatic heterocycles. The van der Waals surface area contributed by atoms with Crippen LogP contribution in [0.5, 0.6) is 5.75 Å². The second kappa shape index (κ2) is 8.47. The first-order chi connectivity index (χ1) is 15.2. The van der Waals surface area contributed by atoms with E-state index in [1.54, 1.807) is 52.1 Å². The summed E-state index contributed by atoms with van der Waals surface area (Å²) in [6, 6.07) is 16.7. The number of hydrogen-bond acceptors (Lipinski definition) is 6. The molecule has 0 saturated heterocycles. The molecule has 4 rings (SSSR count). The smallest absolute Gasteiger partial charge is 0.413 e. The van der Waals surface area contributed by atoms with E-state index in [1.165, 1.54) is 11.3 Å². The zero-order valence-corrected chi connectivity index (χ0v) is 19.0. The molecule has 0 spiro atoms. The number of ether oxygens (including phenoxy) is 2. The minimum absolute atomic E-state index is 0.251. The van der Waals surface area contributed by atoms with Gasteiger partial charge >= 0.3 is 6.09 Å². The summed E-state index contributed by atoms with van der Waals surface area (Å²) in [5, 5.41) is 7.92. The summed E-state index contributed by atoms with van der Waals surface area (Å²) in [5.41, 5.74) is 1.21. The maximum Gasteiger partial charge on any atom is 0.413 e. The Morgan fingerprint density at radius 3 is 2.53 bits per heavy atom. The molecule has 0 radical (unpaired) electrons. The number of aromatic nitrogens is 1. The monoisotopic (exact) mass is 449 g/mol. The molecule has 4 aromatic rings. The minimum Gasteiger partial charge on any atom is -0.496 e. The van der Waals surface area contributed by atoms with Crippen molar-refractivity contribution in [3.05, 3.63) is 60.2 Å². The number of rotatable bonds is 4. The fraction of sp³-hybridized carbons (Fsp3) is 0.208. The van der Waals surface area contributed by atoms with Gasteiger partial charge in [0.1, 0.15) is 11.4 Å². The van der Waals surface area contributed by atoms with Crippen molar-refractivity contribution in [1.82, 2.24) is 4.98 Å². The average molecular weight is 450 g/mol. The summed E-state index contributed by atoms with van der Waals surface area (Å²) in [6.45, 7) is 5.38. The maximum absolute atomic E-state index is 12.9. The molecule has 32 heavy (non-hydrogen) atoms. The molecular formula is C24H23N3O4S. The Morgan fingerprint density at radius 1 is 1.00 bits per heavy atom. The van der Waals surface area contributed by atoms with Crippen molar-refractivity contribution in [1.29, 1.82) is 0 Å². The maximum atomic E-state index is 12.9. The molecule has 0 bridgehead atoms. The third kappa shape index (κ3) is 4.81. The van der Waals surface area contributed by atoms with Crippen LogP contribution >= 0.6 is 11.3 Å². The van der Waals surface area contributed by atoms with Crippen LogP contribution in [0.25, 0.3) is 21.0 Å². The van der Waals surface area contributed by atoms with E-state index in [0.29, 0.717) is 27.6 Å². The van der Waals surface area contributed by atoms with Gasteiger partial charge in [-0.25, -0.2) is 9.78 Å². The van der Waals surface area contributed by atoms with E-state index in [0.717, 1.165) is 15.5 Å². The molecule has 0 aliphatic heterocycles. The topological polar surface area (TPSA) is 89.5 Å². The Morgan fingerprint density at radius 2 is 1.78 bits per heavy atom. The molecule has 3 aromatic carbocycles. The highest BCUT2D eigenvalue weighted by Gasteiger charge is 2.18. The highest BCUT2D eigenvalue weighted by atomic mass is 32.1. The van der Waals surface area contributed by atoms with Crippen molar-refractivity contribution in [2.24, 2.45) is 0 Å². The Bertz CT molecular complexity index is 1320. The summed E-state index contributed by atoms with van der Waals surface area (Å²) < 4.78 is 11.5. The summed E-state index contributed by atoms with van der Waals surface area (Å²) in [4.78, 5) is 29.2. The number of methoxy groups -OCH3 is 1. The predicted octanol–water partition coefficient (Wildman–Crippen LogP) is 6.06. The average Bonchev–Trinajstić information content (AvgIpc) is 3.12. The number of hydrogen-bond donors (Lipinski definition) is 2. The highest BCUT2D eigenvalue weighted by Crippen LogP contribution is 2.31. The van der Waals surface area contributed by atoms with E-state index < -0.39 is 11.7 Å². The number of carbonyl (C=O) groups is 2. The fourth-order valence-corrected chi connectivity index (χ4v) is 4.12. The van der Waals surface area contributed by atoms with Crippen molar-refractivity contribution in [2.75, 3.05) is 17.7 Å². The third-order valence-electron chi connectivity index (χ3n) is 4.56. The van der Waals surface area contributed by atoms with E-state index in [1.807, 2.05) is 30.3 Å². The van der Waals surface area contributed by atoms with Crippen LogP contribution in [-0.4, -0.2) is 29.7 Å². The van der Waals surface area contributed by atoms with Gasteiger partial charge in [0.25, 0.3) is 5.91 Å².